The maximum atomic E-state index is 10.5. The summed E-state index contributed by atoms with van der Waals surface area (Å²) in [6, 6.07) is 11.5. The van der Waals surface area contributed by atoms with Crippen molar-refractivity contribution in [3.63, 3.8) is 0 Å². The van der Waals surface area contributed by atoms with Gasteiger partial charge in [0.2, 0.25) is 0 Å². The SMILES string of the molecule is OC1CC(c2ccc(N3CCOCC3)nc2)C(NCc2ccc(Cl)cc2)C1O. The number of rotatable bonds is 5. The Kier molecular flexibility index (Phi) is 6.13. The van der Waals surface area contributed by atoms with E-state index in [0.717, 1.165) is 43.2 Å². The number of pyridine rings is 1. The summed E-state index contributed by atoms with van der Waals surface area (Å²) < 4.78 is 5.39. The molecule has 6 nitrogen and oxygen atoms in total. The second-order valence-corrected chi connectivity index (χ2v) is 7.92. The summed E-state index contributed by atoms with van der Waals surface area (Å²) in [6.07, 6.45) is 0.831. The first-order chi connectivity index (χ1) is 13.6. The predicted octanol–water partition coefficient (Wildman–Crippen LogP) is 1.94. The first-order valence-corrected chi connectivity index (χ1v) is 10.1. The van der Waals surface area contributed by atoms with Gasteiger partial charge in [-0.25, -0.2) is 4.98 Å². The molecule has 4 atom stereocenters. The molecule has 0 amide bonds. The molecule has 1 saturated heterocycles. The summed E-state index contributed by atoms with van der Waals surface area (Å²) in [7, 11) is 0. The Bertz CT molecular complexity index is 765. The summed E-state index contributed by atoms with van der Waals surface area (Å²) in [5.41, 5.74) is 2.11. The lowest BCUT2D eigenvalue weighted by molar-refractivity contribution is 0.0297. The van der Waals surface area contributed by atoms with Gasteiger partial charge < -0.3 is 25.2 Å². The highest BCUT2D eigenvalue weighted by Gasteiger charge is 2.42. The number of aliphatic hydroxyl groups is 2. The molecule has 2 aliphatic rings. The van der Waals surface area contributed by atoms with Crippen molar-refractivity contribution in [2.75, 3.05) is 31.2 Å². The van der Waals surface area contributed by atoms with Gasteiger partial charge in [0.1, 0.15) is 5.82 Å². The van der Waals surface area contributed by atoms with Gasteiger partial charge in [0, 0.05) is 42.8 Å². The second-order valence-electron chi connectivity index (χ2n) is 7.48. The summed E-state index contributed by atoms with van der Waals surface area (Å²) >= 11 is 5.94. The lowest BCUT2D eigenvalue weighted by Crippen LogP contribution is -2.42. The molecule has 2 fully saturated rings. The minimum atomic E-state index is -0.809. The molecule has 2 aromatic rings. The van der Waals surface area contributed by atoms with E-state index in [4.69, 9.17) is 16.3 Å². The quantitative estimate of drug-likeness (QED) is 0.708. The maximum Gasteiger partial charge on any atom is 0.128 e. The molecule has 1 saturated carbocycles. The fourth-order valence-electron chi connectivity index (χ4n) is 4.06. The fraction of sp³-hybridized carbons (Fsp3) is 0.476. The number of nitrogens with zero attached hydrogens (tertiary/aromatic N) is 2. The normalized spacial score (nSPS) is 27.9. The lowest BCUT2D eigenvalue weighted by atomic mass is 9.94. The highest BCUT2D eigenvalue weighted by Crippen LogP contribution is 2.35. The Hall–Kier alpha value is -1.70. The van der Waals surface area contributed by atoms with Crippen molar-refractivity contribution in [2.24, 2.45) is 0 Å². The largest absolute Gasteiger partial charge is 0.390 e. The van der Waals surface area contributed by atoms with Crippen molar-refractivity contribution < 1.29 is 14.9 Å². The molecule has 0 bridgehead atoms. The molecular weight excluding hydrogens is 378 g/mol. The number of nitrogens with one attached hydrogen (secondary N) is 1. The van der Waals surface area contributed by atoms with Crippen LogP contribution in [0.25, 0.3) is 0 Å². The predicted molar refractivity (Wildman–Crippen MR) is 109 cm³/mol. The molecular formula is C21H26ClN3O3. The summed E-state index contributed by atoms with van der Waals surface area (Å²) in [5.74, 6) is 0.945. The topological polar surface area (TPSA) is 77.9 Å². The number of ether oxygens (including phenoxy) is 1. The Morgan fingerprint density at radius 2 is 1.86 bits per heavy atom. The van der Waals surface area contributed by atoms with Crippen molar-refractivity contribution >= 4 is 17.4 Å². The number of hydrogen-bond acceptors (Lipinski definition) is 6. The molecule has 0 spiro atoms. The maximum absolute atomic E-state index is 10.5. The van der Waals surface area contributed by atoms with E-state index < -0.39 is 12.2 Å². The third-order valence-corrected chi connectivity index (χ3v) is 5.93. The molecule has 1 aromatic carbocycles. The monoisotopic (exact) mass is 403 g/mol. The lowest BCUT2D eigenvalue weighted by Gasteiger charge is -2.28. The van der Waals surface area contributed by atoms with Crippen molar-refractivity contribution in [3.8, 4) is 0 Å². The fourth-order valence-corrected chi connectivity index (χ4v) is 4.19. The van der Waals surface area contributed by atoms with Crippen LogP contribution in [0.2, 0.25) is 5.02 Å². The van der Waals surface area contributed by atoms with Gasteiger partial charge in [-0.05, 0) is 35.7 Å². The van der Waals surface area contributed by atoms with Gasteiger partial charge >= 0.3 is 0 Å². The summed E-state index contributed by atoms with van der Waals surface area (Å²) in [6.45, 7) is 3.74. The molecule has 150 valence electrons. The average molecular weight is 404 g/mol. The number of anilines is 1. The van der Waals surface area contributed by atoms with E-state index in [1.807, 2.05) is 36.5 Å². The third-order valence-electron chi connectivity index (χ3n) is 5.68. The molecule has 28 heavy (non-hydrogen) atoms. The Morgan fingerprint density at radius 1 is 1.11 bits per heavy atom. The van der Waals surface area contributed by atoms with Crippen molar-refractivity contribution in [2.45, 2.75) is 37.1 Å². The standard InChI is InChI=1S/C21H26ClN3O3/c22-16-4-1-14(2-5-16)12-24-20-17(11-18(26)21(20)27)15-3-6-19(23-13-15)25-7-9-28-10-8-25/h1-6,13,17-18,20-21,24,26-27H,7-12H2. The van der Waals surface area contributed by atoms with E-state index in [0.29, 0.717) is 18.0 Å². The van der Waals surface area contributed by atoms with Gasteiger partial charge in [-0.2, -0.15) is 0 Å². The van der Waals surface area contributed by atoms with Crippen LogP contribution in [-0.2, 0) is 11.3 Å². The minimum absolute atomic E-state index is 0.00328. The molecule has 7 heteroatoms. The molecule has 3 N–H and O–H groups in total. The molecule has 4 rings (SSSR count). The van der Waals surface area contributed by atoms with E-state index >= 15 is 0 Å². The second kappa shape index (κ2) is 8.76. The van der Waals surface area contributed by atoms with Gasteiger partial charge in [-0.15, -0.1) is 0 Å². The Balaban J connectivity index is 1.45. The van der Waals surface area contributed by atoms with Crippen LogP contribution in [0, 0.1) is 0 Å². The zero-order valence-electron chi connectivity index (χ0n) is 15.7. The number of morpholine rings is 1. The van der Waals surface area contributed by atoms with Crippen LogP contribution in [0.15, 0.2) is 42.6 Å². The van der Waals surface area contributed by atoms with Crippen molar-refractivity contribution in [1.82, 2.24) is 10.3 Å². The highest BCUT2D eigenvalue weighted by atomic mass is 35.5. The van der Waals surface area contributed by atoms with E-state index in [2.05, 4.69) is 21.3 Å². The molecule has 2 heterocycles. The summed E-state index contributed by atoms with van der Waals surface area (Å²) in [4.78, 5) is 6.83. The molecule has 4 unspecified atom stereocenters. The van der Waals surface area contributed by atoms with E-state index in [1.165, 1.54) is 0 Å². The molecule has 1 aliphatic carbocycles. The van der Waals surface area contributed by atoms with Gasteiger partial charge in [0.05, 0.1) is 25.4 Å². The van der Waals surface area contributed by atoms with Gasteiger partial charge in [-0.1, -0.05) is 29.8 Å². The van der Waals surface area contributed by atoms with E-state index in [9.17, 15) is 10.2 Å². The molecule has 1 aliphatic heterocycles. The first-order valence-electron chi connectivity index (χ1n) is 9.74. The van der Waals surface area contributed by atoms with Gasteiger partial charge in [0.15, 0.2) is 0 Å². The van der Waals surface area contributed by atoms with Crippen LogP contribution in [0.1, 0.15) is 23.5 Å². The summed E-state index contributed by atoms with van der Waals surface area (Å²) in [5, 5.41) is 24.9. The Morgan fingerprint density at radius 3 is 2.54 bits per heavy atom. The van der Waals surface area contributed by atoms with Crippen molar-refractivity contribution in [3.05, 3.63) is 58.7 Å². The van der Waals surface area contributed by atoms with Gasteiger partial charge in [-0.3, -0.25) is 0 Å². The number of halogens is 1. The van der Waals surface area contributed by atoms with Crippen LogP contribution < -0.4 is 10.2 Å². The number of benzene rings is 1. The smallest absolute Gasteiger partial charge is 0.128 e. The zero-order chi connectivity index (χ0) is 19.5. The average Bonchev–Trinajstić information content (AvgIpc) is 3.02. The number of aliphatic hydroxyl groups excluding tert-OH is 2. The molecule has 0 radical (unpaired) electrons. The number of hydrogen-bond donors (Lipinski definition) is 3. The Labute approximate surface area is 170 Å². The third kappa shape index (κ3) is 4.31. The van der Waals surface area contributed by atoms with E-state index in [-0.39, 0.29) is 12.0 Å². The zero-order valence-corrected chi connectivity index (χ0v) is 16.4. The van der Waals surface area contributed by atoms with Crippen LogP contribution in [0.5, 0.6) is 0 Å². The van der Waals surface area contributed by atoms with Crippen LogP contribution in [-0.4, -0.2) is 59.8 Å². The molecule has 1 aromatic heterocycles. The van der Waals surface area contributed by atoms with Crippen LogP contribution >= 0.6 is 11.6 Å². The number of aromatic nitrogens is 1. The van der Waals surface area contributed by atoms with Crippen LogP contribution in [0.3, 0.4) is 0 Å². The first kappa shape index (κ1) is 19.6. The minimum Gasteiger partial charge on any atom is -0.390 e. The van der Waals surface area contributed by atoms with Crippen LogP contribution in [0.4, 0.5) is 5.82 Å². The van der Waals surface area contributed by atoms with E-state index in [1.54, 1.807) is 0 Å². The van der Waals surface area contributed by atoms with Gasteiger partial charge in [0.25, 0.3) is 0 Å². The van der Waals surface area contributed by atoms with Crippen molar-refractivity contribution in [1.29, 1.82) is 0 Å². The highest BCUT2D eigenvalue weighted by molar-refractivity contribution is 6.30.